The van der Waals surface area contributed by atoms with Crippen molar-refractivity contribution in [3.05, 3.63) is 23.8 Å². The van der Waals surface area contributed by atoms with Gasteiger partial charge in [0, 0.05) is 19.4 Å². The van der Waals surface area contributed by atoms with Crippen LogP contribution < -0.4 is 9.47 Å². The summed E-state index contributed by atoms with van der Waals surface area (Å²) >= 11 is 0. The number of carbonyl (C=O) groups is 2. The van der Waals surface area contributed by atoms with Crippen LogP contribution in [0.5, 0.6) is 11.5 Å². The summed E-state index contributed by atoms with van der Waals surface area (Å²) in [6.45, 7) is 0.760. The number of β-amino-alcohol motifs (C(OH)–C–C–N with tert-alkyl or cyclic N) is 1. The molecular weight excluding hydrogens is 326 g/mol. The number of carboxylic acid groups (broad SMARTS) is 1. The SMILES string of the molecule is COc1ccc(C2(O)CCCN(C(=O)CCCC(=O)O)C2)cc1OC. The maximum atomic E-state index is 12.3. The largest absolute Gasteiger partial charge is 0.493 e. The Balaban J connectivity index is 2.10. The van der Waals surface area contributed by atoms with Crippen LogP contribution in [-0.2, 0) is 15.2 Å². The number of rotatable bonds is 7. The van der Waals surface area contributed by atoms with Gasteiger partial charge in [0.05, 0.1) is 20.8 Å². The summed E-state index contributed by atoms with van der Waals surface area (Å²) in [6.07, 6.45) is 1.67. The van der Waals surface area contributed by atoms with Crippen molar-refractivity contribution < 1.29 is 29.3 Å². The number of carbonyl (C=O) groups excluding carboxylic acids is 1. The first-order valence-electron chi connectivity index (χ1n) is 8.34. The molecule has 7 heteroatoms. The fraction of sp³-hybridized carbons (Fsp3) is 0.556. The van der Waals surface area contributed by atoms with Gasteiger partial charge in [-0.2, -0.15) is 0 Å². The molecule has 1 amide bonds. The molecule has 1 aromatic carbocycles. The molecule has 1 aliphatic heterocycles. The Hall–Kier alpha value is -2.28. The van der Waals surface area contributed by atoms with Crippen LogP contribution >= 0.6 is 0 Å². The van der Waals surface area contributed by atoms with Crippen LogP contribution in [0.15, 0.2) is 18.2 Å². The van der Waals surface area contributed by atoms with Gasteiger partial charge in [0.25, 0.3) is 0 Å². The fourth-order valence-electron chi connectivity index (χ4n) is 3.16. The molecule has 1 unspecified atom stereocenters. The normalized spacial score (nSPS) is 20.2. The van der Waals surface area contributed by atoms with E-state index in [2.05, 4.69) is 0 Å². The molecule has 1 saturated heterocycles. The number of amides is 1. The zero-order valence-corrected chi connectivity index (χ0v) is 14.7. The van der Waals surface area contributed by atoms with Crippen molar-refractivity contribution in [3.8, 4) is 11.5 Å². The lowest BCUT2D eigenvalue weighted by atomic mass is 9.85. The van der Waals surface area contributed by atoms with Crippen molar-refractivity contribution in [2.75, 3.05) is 27.3 Å². The van der Waals surface area contributed by atoms with Crippen LogP contribution in [0, 0.1) is 0 Å². The highest BCUT2D eigenvalue weighted by Gasteiger charge is 2.37. The zero-order valence-electron chi connectivity index (χ0n) is 14.7. The Morgan fingerprint density at radius 1 is 1.20 bits per heavy atom. The first kappa shape index (κ1) is 19.1. The number of nitrogens with zero attached hydrogens (tertiary/aromatic N) is 1. The number of likely N-dealkylation sites (tertiary alicyclic amines) is 1. The standard InChI is InChI=1S/C18H25NO6/c1-24-14-8-7-13(11-15(14)25-2)18(23)9-4-10-19(12-18)16(20)5-3-6-17(21)22/h7-8,11,23H,3-6,9-10,12H2,1-2H3,(H,21,22). The molecule has 138 valence electrons. The minimum Gasteiger partial charge on any atom is -0.493 e. The molecule has 1 aromatic rings. The van der Waals surface area contributed by atoms with E-state index in [0.29, 0.717) is 42.9 Å². The average Bonchev–Trinajstić information content (AvgIpc) is 2.60. The maximum Gasteiger partial charge on any atom is 0.303 e. The molecule has 2 N–H and O–H groups in total. The van der Waals surface area contributed by atoms with Crippen LogP contribution in [0.25, 0.3) is 0 Å². The minimum absolute atomic E-state index is 0.0282. The summed E-state index contributed by atoms with van der Waals surface area (Å²) in [6, 6.07) is 5.25. The maximum absolute atomic E-state index is 12.3. The first-order valence-corrected chi connectivity index (χ1v) is 8.34. The summed E-state index contributed by atoms with van der Waals surface area (Å²) in [4.78, 5) is 24.5. The zero-order chi connectivity index (χ0) is 18.4. The van der Waals surface area contributed by atoms with Gasteiger partial charge in [-0.25, -0.2) is 0 Å². The number of ether oxygens (including phenoxy) is 2. The highest BCUT2D eigenvalue weighted by molar-refractivity contribution is 5.77. The molecule has 1 atom stereocenters. The van der Waals surface area contributed by atoms with Crippen molar-refractivity contribution in [2.45, 2.75) is 37.7 Å². The molecule has 2 rings (SSSR count). The van der Waals surface area contributed by atoms with E-state index >= 15 is 0 Å². The Kier molecular flexibility index (Phi) is 6.25. The number of benzene rings is 1. The van der Waals surface area contributed by atoms with Crippen LogP contribution in [0.2, 0.25) is 0 Å². The molecule has 0 aromatic heterocycles. The van der Waals surface area contributed by atoms with E-state index in [1.54, 1.807) is 30.2 Å². The van der Waals surface area contributed by atoms with Crippen LogP contribution in [0.3, 0.4) is 0 Å². The Morgan fingerprint density at radius 2 is 1.92 bits per heavy atom. The predicted molar refractivity (Wildman–Crippen MR) is 90.7 cm³/mol. The van der Waals surface area contributed by atoms with Crippen LogP contribution in [0.1, 0.15) is 37.7 Å². The molecule has 0 bridgehead atoms. The van der Waals surface area contributed by atoms with Gasteiger partial charge in [0.15, 0.2) is 11.5 Å². The minimum atomic E-state index is -1.15. The molecule has 7 nitrogen and oxygen atoms in total. The molecule has 0 spiro atoms. The number of hydrogen-bond donors (Lipinski definition) is 2. The number of aliphatic hydroxyl groups is 1. The third-order valence-corrected chi connectivity index (χ3v) is 4.53. The summed E-state index contributed by atoms with van der Waals surface area (Å²) in [5, 5.41) is 19.7. The highest BCUT2D eigenvalue weighted by Crippen LogP contribution is 2.37. The van der Waals surface area contributed by atoms with Crippen molar-refractivity contribution >= 4 is 11.9 Å². The van der Waals surface area contributed by atoms with Crippen molar-refractivity contribution in [2.24, 2.45) is 0 Å². The van der Waals surface area contributed by atoms with Crippen molar-refractivity contribution in [1.82, 2.24) is 4.90 Å². The lowest BCUT2D eigenvalue weighted by molar-refractivity contribution is -0.140. The summed E-state index contributed by atoms with van der Waals surface area (Å²) in [7, 11) is 3.08. The van der Waals surface area contributed by atoms with E-state index in [1.165, 1.54) is 7.11 Å². The molecule has 1 heterocycles. The summed E-state index contributed by atoms with van der Waals surface area (Å²) in [5.41, 5.74) is -0.478. The molecular formula is C18H25NO6. The topological polar surface area (TPSA) is 96.3 Å². The lowest BCUT2D eigenvalue weighted by Gasteiger charge is -2.39. The Labute approximate surface area is 147 Å². The Morgan fingerprint density at radius 3 is 2.56 bits per heavy atom. The highest BCUT2D eigenvalue weighted by atomic mass is 16.5. The molecule has 0 aliphatic carbocycles. The average molecular weight is 351 g/mol. The summed E-state index contributed by atoms with van der Waals surface area (Å²) in [5.74, 6) is 0.0683. The number of carboxylic acids is 1. The van der Waals surface area contributed by atoms with Crippen LogP contribution in [-0.4, -0.2) is 54.3 Å². The summed E-state index contributed by atoms with van der Waals surface area (Å²) < 4.78 is 10.5. The quantitative estimate of drug-likeness (QED) is 0.777. The molecule has 0 radical (unpaired) electrons. The predicted octanol–water partition coefficient (Wildman–Crippen LogP) is 1.77. The van der Waals surface area contributed by atoms with Gasteiger partial charge in [-0.3, -0.25) is 9.59 Å². The number of hydrogen-bond acceptors (Lipinski definition) is 5. The van der Waals surface area contributed by atoms with Crippen molar-refractivity contribution in [1.29, 1.82) is 0 Å². The van der Waals surface area contributed by atoms with E-state index in [0.717, 1.165) is 0 Å². The third kappa shape index (κ3) is 4.63. The van der Waals surface area contributed by atoms with E-state index in [1.807, 2.05) is 0 Å². The second-order valence-corrected chi connectivity index (χ2v) is 6.27. The third-order valence-electron chi connectivity index (χ3n) is 4.53. The first-order chi connectivity index (χ1) is 11.9. The Bertz CT molecular complexity index is 632. The van der Waals surface area contributed by atoms with Gasteiger partial charge in [-0.15, -0.1) is 0 Å². The van der Waals surface area contributed by atoms with E-state index in [9.17, 15) is 14.7 Å². The second kappa shape index (κ2) is 8.20. The van der Waals surface area contributed by atoms with Gasteiger partial charge in [-0.05, 0) is 37.0 Å². The van der Waals surface area contributed by atoms with Gasteiger partial charge in [-0.1, -0.05) is 6.07 Å². The molecule has 1 fully saturated rings. The fourth-order valence-corrected chi connectivity index (χ4v) is 3.16. The number of aliphatic carboxylic acids is 1. The number of piperidine rings is 1. The van der Waals surface area contributed by atoms with Gasteiger partial charge < -0.3 is 24.6 Å². The smallest absolute Gasteiger partial charge is 0.303 e. The molecule has 0 saturated carbocycles. The van der Waals surface area contributed by atoms with Gasteiger partial charge in [0.2, 0.25) is 5.91 Å². The second-order valence-electron chi connectivity index (χ2n) is 6.27. The van der Waals surface area contributed by atoms with E-state index in [4.69, 9.17) is 14.6 Å². The van der Waals surface area contributed by atoms with Crippen LogP contribution in [0.4, 0.5) is 0 Å². The lowest BCUT2D eigenvalue weighted by Crippen LogP contribution is -2.48. The molecule has 25 heavy (non-hydrogen) atoms. The van der Waals surface area contributed by atoms with E-state index in [-0.39, 0.29) is 25.3 Å². The van der Waals surface area contributed by atoms with Gasteiger partial charge >= 0.3 is 5.97 Å². The van der Waals surface area contributed by atoms with E-state index < -0.39 is 11.6 Å². The van der Waals surface area contributed by atoms with Gasteiger partial charge in [0.1, 0.15) is 5.60 Å². The molecule has 1 aliphatic rings. The monoisotopic (exact) mass is 351 g/mol. The van der Waals surface area contributed by atoms with Crippen molar-refractivity contribution in [3.63, 3.8) is 0 Å². The number of methoxy groups -OCH3 is 2.